The van der Waals surface area contributed by atoms with Crippen LogP contribution in [0.2, 0.25) is 0 Å². The van der Waals surface area contributed by atoms with E-state index in [-0.39, 0.29) is 5.41 Å². The van der Waals surface area contributed by atoms with Crippen molar-refractivity contribution < 1.29 is 14.5 Å². The summed E-state index contributed by atoms with van der Waals surface area (Å²) in [5.74, 6) is -0.131. The molecule has 0 bridgehead atoms. The first-order valence-electron chi connectivity index (χ1n) is 8.93. The van der Waals surface area contributed by atoms with E-state index in [4.69, 9.17) is 14.5 Å². The van der Waals surface area contributed by atoms with Crippen LogP contribution in [0.4, 0.5) is 0 Å². The minimum absolute atomic E-state index is 0.166. The minimum Gasteiger partial charge on any atom is -0.347 e. The zero-order valence-electron chi connectivity index (χ0n) is 16.5. The van der Waals surface area contributed by atoms with Gasteiger partial charge in [0.2, 0.25) is 5.79 Å². The molecule has 0 aliphatic carbocycles. The van der Waals surface area contributed by atoms with Crippen molar-refractivity contribution in [1.29, 1.82) is 0 Å². The summed E-state index contributed by atoms with van der Waals surface area (Å²) >= 11 is 1.77. The topological polar surface area (TPSA) is 27.7 Å². The Labute approximate surface area is 161 Å². The van der Waals surface area contributed by atoms with Gasteiger partial charge in [-0.3, -0.25) is 0 Å². The van der Waals surface area contributed by atoms with Gasteiger partial charge in [-0.2, -0.15) is 4.89 Å². The van der Waals surface area contributed by atoms with E-state index in [1.54, 1.807) is 18.9 Å². The highest BCUT2D eigenvalue weighted by atomic mass is 32.2. The molecule has 3 nitrogen and oxygen atoms in total. The van der Waals surface area contributed by atoms with Gasteiger partial charge in [-0.15, -0.1) is 11.8 Å². The molecule has 3 rings (SSSR count). The molecular weight excluding hydrogens is 344 g/mol. The number of rotatable bonds is 4. The van der Waals surface area contributed by atoms with Crippen LogP contribution in [0.5, 0.6) is 0 Å². The smallest absolute Gasteiger partial charge is 0.225 e. The van der Waals surface area contributed by atoms with Gasteiger partial charge in [-0.25, -0.2) is 4.89 Å². The summed E-state index contributed by atoms with van der Waals surface area (Å²) < 4.78 is 5.55. The van der Waals surface area contributed by atoms with Crippen molar-refractivity contribution >= 4 is 11.8 Å². The van der Waals surface area contributed by atoms with Crippen molar-refractivity contribution in [2.75, 3.05) is 12.9 Å². The fourth-order valence-electron chi connectivity index (χ4n) is 3.12. The first-order valence-corrected chi connectivity index (χ1v) is 9.92. The second-order valence-corrected chi connectivity index (χ2v) is 9.20. The van der Waals surface area contributed by atoms with Gasteiger partial charge in [0.25, 0.3) is 0 Å². The molecule has 0 saturated carbocycles. The summed E-state index contributed by atoms with van der Waals surface area (Å²) in [5, 5.41) is 0. The molecule has 1 aliphatic heterocycles. The molecule has 4 heteroatoms. The Kier molecular flexibility index (Phi) is 5.24. The van der Waals surface area contributed by atoms with E-state index in [1.165, 1.54) is 10.5 Å². The number of methoxy groups -OCH3 is 1. The Morgan fingerprint density at radius 1 is 0.923 bits per heavy atom. The van der Waals surface area contributed by atoms with Crippen LogP contribution in [0.15, 0.2) is 53.4 Å². The molecule has 0 fully saturated rings. The molecule has 0 amide bonds. The van der Waals surface area contributed by atoms with Gasteiger partial charge < -0.3 is 4.74 Å². The van der Waals surface area contributed by atoms with E-state index >= 15 is 0 Å². The summed E-state index contributed by atoms with van der Waals surface area (Å²) in [6.45, 7) is 10.6. The van der Waals surface area contributed by atoms with Gasteiger partial charge in [-0.1, -0.05) is 57.2 Å². The predicted octanol–water partition coefficient (Wildman–Crippen LogP) is 5.77. The lowest BCUT2D eigenvalue weighted by Gasteiger charge is -2.42. The molecule has 0 unspecified atom stereocenters. The normalized spacial score (nSPS) is 25.8. The molecule has 26 heavy (non-hydrogen) atoms. The van der Waals surface area contributed by atoms with Crippen LogP contribution in [-0.2, 0) is 31.3 Å². The lowest BCUT2D eigenvalue weighted by molar-refractivity contribution is -0.475. The Balaban J connectivity index is 1.80. The van der Waals surface area contributed by atoms with Gasteiger partial charge >= 0.3 is 0 Å². The maximum atomic E-state index is 5.85. The van der Waals surface area contributed by atoms with E-state index < -0.39 is 11.4 Å². The second kappa shape index (κ2) is 7.01. The maximum absolute atomic E-state index is 5.85. The minimum atomic E-state index is -0.880. The van der Waals surface area contributed by atoms with Crippen molar-refractivity contribution in [3.63, 3.8) is 0 Å². The molecule has 0 radical (unpaired) electrons. The fraction of sp³-hybridized carbons (Fsp3) is 0.455. The van der Waals surface area contributed by atoms with Crippen LogP contribution in [0.1, 0.15) is 51.3 Å². The zero-order chi connectivity index (χ0) is 19.0. The number of fused-ring (bicyclic) bond motifs is 1. The predicted molar refractivity (Wildman–Crippen MR) is 106 cm³/mol. The lowest BCUT2D eigenvalue weighted by atomic mass is 9.87. The number of hydrogen-bond acceptors (Lipinski definition) is 4. The van der Waals surface area contributed by atoms with Crippen LogP contribution >= 0.6 is 11.8 Å². The Bertz CT molecular complexity index is 766. The molecule has 0 saturated heterocycles. The van der Waals surface area contributed by atoms with Crippen LogP contribution in [0.25, 0.3) is 0 Å². The van der Waals surface area contributed by atoms with Gasteiger partial charge in [-0.05, 0) is 42.5 Å². The first-order chi connectivity index (χ1) is 12.2. The van der Waals surface area contributed by atoms with Crippen molar-refractivity contribution in [3.8, 4) is 0 Å². The van der Waals surface area contributed by atoms with Crippen molar-refractivity contribution in [2.24, 2.45) is 0 Å². The van der Waals surface area contributed by atoms with Crippen LogP contribution < -0.4 is 0 Å². The average Bonchev–Trinajstić information content (AvgIpc) is 2.63. The molecule has 0 aromatic heterocycles. The summed E-state index contributed by atoms with van der Waals surface area (Å²) in [7, 11) is 1.63. The average molecular weight is 373 g/mol. The molecule has 1 aliphatic rings. The Hall–Kier alpha value is -1.33. The standard InChI is InChI=1S/C22H28O3S/c1-20(2,3)16-11-13-17(14-12-16)26-15-21(4)18-9-7-8-10-19(18)22(5,23-6)25-24-21/h7-14H,15H2,1-6H3/t21-,22+/m1/s1. The highest BCUT2D eigenvalue weighted by Crippen LogP contribution is 2.45. The highest BCUT2D eigenvalue weighted by molar-refractivity contribution is 7.99. The monoisotopic (exact) mass is 372 g/mol. The molecule has 0 N–H and O–H groups in total. The van der Waals surface area contributed by atoms with Crippen LogP contribution in [0.3, 0.4) is 0 Å². The quantitative estimate of drug-likeness (QED) is 0.503. The number of ether oxygens (including phenoxy) is 1. The second-order valence-electron chi connectivity index (χ2n) is 8.16. The molecule has 2 atom stereocenters. The third-order valence-electron chi connectivity index (χ3n) is 4.99. The Morgan fingerprint density at radius 3 is 2.12 bits per heavy atom. The maximum Gasteiger partial charge on any atom is 0.225 e. The number of thioether (sulfide) groups is 1. The Morgan fingerprint density at radius 2 is 1.54 bits per heavy atom. The lowest BCUT2D eigenvalue weighted by Crippen LogP contribution is -2.43. The third kappa shape index (κ3) is 3.70. The number of hydrogen-bond donors (Lipinski definition) is 0. The van der Waals surface area contributed by atoms with Crippen LogP contribution in [0, 0.1) is 0 Å². The molecule has 0 spiro atoms. The van der Waals surface area contributed by atoms with Crippen molar-refractivity contribution in [3.05, 3.63) is 65.2 Å². The van der Waals surface area contributed by atoms with Gasteiger partial charge in [0.1, 0.15) is 5.60 Å². The first kappa shape index (κ1) is 19.4. The fourth-order valence-corrected chi connectivity index (χ4v) is 4.09. The summed E-state index contributed by atoms with van der Waals surface area (Å²) in [4.78, 5) is 12.7. The zero-order valence-corrected chi connectivity index (χ0v) is 17.3. The van der Waals surface area contributed by atoms with Gasteiger partial charge in [0.15, 0.2) is 0 Å². The van der Waals surface area contributed by atoms with E-state index in [0.717, 1.165) is 16.9 Å². The molecule has 1 heterocycles. The largest absolute Gasteiger partial charge is 0.347 e. The summed E-state index contributed by atoms with van der Waals surface area (Å²) in [6.07, 6.45) is 0. The van der Waals surface area contributed by atoms with Crippen LogP contribution in [-0.4, -0.2) is 12.9 Å². The molecule has 140 valence electrons. The van der Waals surface area contributed by atoms with E-state index in [9.17, 15) is 0 Å². The molecule has 2 aromatic carbocycles. The highest BCUT2D eigenvalue weighted by Gasteiger charge is 2.45. The molecule has 2 aromatic rings. The third-order valence-corrected chi connectivity index (χ3v) is 6.30. The summed E-state index contributed by atoms with van der Waals surface area (Å²) in [5.41, 5.74) is 3.09. The van der Waals surface area contributed by atoms with Crippen molar-refractivity contribution in [1.82, 2.24) is 0 Å². The molecular formula is C22H28O3S. The van der Waals surface area contributed by atoms with Crippen molar-refractivity contribution in [2.45, 2.75) is 56.3 Å². The van der Waals surface area contributed by atoms with E-state index in [1.807, 2.05) is 25.1 Å². The summed E-state index contributed by atoms with van der Waals surface area (Å²) in [6, 6.07) is 17.0. The van der Waals surface area contributed by atoms with E-state index in [0.29, 0.717) is 0 Å². The SMILES string of the molecule is CO[C@@]1(C)OO[C@](C)(CSc2ccc(C(C)(C)C)cc2)c2ccccc21. The van der Waals surface area contributed by atoms with Gasteiger partial charge in [0, 0.05) is 23.3 Å². The van der Waals surface area contributed by atoms with Gasteiger partial charge in [0.05, 0.1) is 0 Å². The van der Waals surface area contributed by atoms with E-state index in [2.05, 4.69) is 58.0 Å². The number of benzene rings is 2.